The maximum absolute atomic E-state index is 12.7. The van der Waals surface area contributed by atoms with Crippen molar-refractivity contribution in [3.63, 3.8) is 0 Å². The molecule has 5 rings (SSSR count). The zero-order valence-corrected chi connectivity index (χ0v) is 17.3. The van der Waals surface area contributed by atoms with Gasteiger partial charge in [-0.1, -0.05) is 35.0 Å². The predicted octanol–water partition coefficient (Wildman–Crippen LogP) is 4.23. The first-order valence-electron chi connectivity index (χ1n) is 10.5. The molecule has 31 heavy (non-hydrogen) atoms. The lowest BCUT2D eigenvalue weighted by atomic mass is 9.97. The van der Waals surface area contributed by atoms with Gasteiger partial charge in [-0.15, -0.1) is 0 Å². The van der Waals surface area contributed by atoms with Crippen molar-refractivity contribution in [3.05, 3.63) is 53.9 Å². The maximum atomic E-state index is 12.7. The number of ether oxygens (including phenoxy) is 2. The van der Waals surface area contributed by atoms with Crippen LogP contribution >= 0.6 is 0 Å². The number of hydrogen-bond acceptors (Lipinski definition) is 6. The normalized spacial score (nSPS) is 16.2. The average Bonchev–Trinajstić information content (AvgIpc) is 3.30. The second-order valence-corrected chi connectivity index (χ2v) is 7.87. The van der Waals surface area contributed by atoms with E-state index in [4.69, 9.17) is 14.0 Å². The topological polar surface area (TPSA) is 89.7 Å². The Bertz CT molecular complexity index is 1070. The number of amides is 2. The van der Waals surface area contributed by atoms with Gasteiger partial charge in [0.2, 0.25) is 11.7 Å². The van der Waals surface area contributed by atoms with Gasteiger partial charge in [-0.25, -0.2) is 4.79 Å². The summed E-state index contributed by atoms with van der Waals surface area (Å²) in [6.45, 7) is 4.36. The first kappa shape index (κ1) is 19.4. The van der Waals surface area contributed by atoms with Crippen molar-refractivity contribution in [1.82, 2.24) is 15.0 Å². The molecule has 2 amide bonds. The maximum Gasteiger partial charge on any atom is 0.321 e. The number of anilines is 1. The number of rotatable bonds is 3. The van der Waals surface area contributed by atoms with Gasteiger partial charge in [-0.3, -0.25) is 0 Å². The van der Waals surface area contributed by atoms with Gasteiger partial charge in [0.25, 0.3) is 0 Å². The molecular formula is C23H24N4O4. The highest BCUT2D eigenvalue weighted by molar-refractivity contribution is 5.89. The van der Waals surface area contributed by atoms with Gasteiger partial charge in [0.15, 0.2) is 11.5 Å². The van der Waals surface area contributed by atoms with Gasteiger partial charge in [0.1, 0.15) is 13.2 Å². The summed E-state index contributed by atoms with van der Waals surface area (Å²) in [6, 6.07) is 13.4. The molecule has 0 spiro atoms. The molecule has 0 radical (unpaired) electrons. The van der Waals surface area contributed by atoms with E-state index in [1.165, 1.54) is 5.56 Å². The Labute approximate surface area is 180 Å². The monoisotopic (exact) mass is 420 g/mol. The van der Waals surface area contributed by atoms with E-state index >= 15 is 0 Å². The van der Waals surface area contributed by atoms with E-state index in [0.29, 0.717) is 55.2 Å². The number of nitrogens with one attached hydrogen (secondary N) is 1. The first-order valence-corrected chi connectivity index (χ1v) is 10.5. The van der Waals surface area contributed by atoms with Gasteiger partial charge < -0.3 is 24.2 Å². The average molecular weight is 420 g/mol. The predicted molar refractivity (Wildman–Crippen MR) is 114 cm³/mol. The van der Waals surface area contributed by atoms with Crippen molar-refractivity contribution in [2.45, 2.75) is 25.7 Å². The molecule has 8 heteroatoms. The Kier molecular flexibility index (Phi) is 5.19. The summed E-state index contributed by atoms with van der Waals surface area (Å²) in [5.74, 6) is 2.76. The third-order valence-corrected chi connectivity index (χ3v) is 5.68. The molecule has 2 aliphatic rings. The number of benzene rings is 2. The van der Waals surface area contributed by atoms with Crippen molar-refractivity contribution in [1.29, 1.82) is 0 Å². The van der Waals surface area contributed by atoms with E-state index in [1.54, 1.807) is 6.07 Å². The Hall–Kier alpha value is -3.55. The summed E-state index contributed by atoms with van der Waals surface area (Å²) in [5, 5.41) is 7.08. The van der Waals surface area contributed by atoms with Gasteiger partial charge in [0, 0.05) is 36.3 Å². The molecule has 0 bridgehead atoms. The highest BCUT2D eigenvalue weighted by atomic mass is 16.6. The van der Waals surface area contributed by atoms with Crippen molar-refractivity contribution in [3.8, 4) is 22.9 Å². The highest BCUT2D eigenvalue weighted by Gasteiger charge is 2.28. The van der Waals surface area contributed by atoms with Crippen LogP contribution in [0.4, 0.5) is 10.5 Å². The van der Waals surface area contributed by atoms with E-state index in [0.717, 1.165) is 18.4 Å². The minimum Gasteiger partial charge on any atom is -0.486 e. The van der Waals surface area contributed by atoms with E-state index in [1.807, 2.05) is 48.2 Å². The zero-order chi connectivity index (χ0) is 21.2. The Morgan fingerprint density at radius 2 is 1.77 bits per heavy atom. The molecule has 8 nitrogen and oxygen atoms in total. The van der Waals surface area contributed by atoms with Crippen LogP contribution < -0.4 is 14.8 Å². The molecule has 3 heterocycles. The number of likely N-dealkylation sites (tertiary alicyclic amines) is 1. The molecule has 1 saturated heterocycles. The fraction of sp³-hybridized carbons (Fsp3) is 0.348. The standard InChI is InChI=1S/C23H24N4O4/c1-15-2-4-16(5-3-15)21-25-22(31-26-21)17-8-10-27(11-9-17)23(28)24-18-6-7-19-20(14-18)30-13-12-29-19/h2-7,14,17H,8-13H2,1H3,(H,24,28). The van der Waals surface area contributed by atoms with Crippen LogP contribution in [0.15, 0.2) is 47.0 Å². The van der Waals surface area contributed by atoms with Crippen molar-refractivity contribution < 1.29 is 18.8 Å². The minimum absolute atomic E-state index is 0.124. The van der Waals surface area contributed by atoms with Gasteiger partial charge >= 0.3 is 6.03 Å². The summed E-state index contributed by atoms with van der Waals surface area (Å²) < 4.78 is 16.6. The molecule has 0 unspecified atom stereocenters. The number of urea groups is 1. The summed E-state index contributed by atoms with van der Waals surface area (Å²) in [7, 11) is 0. The number of fused-ring (bicyclic) bond motifs is 1. The van der Waals surface area contributed by atoms with E-state index in [-0.39, 0.29) is 11.9 Å². The number of carbonyl (C=O) groups excluding carboxylic acids is 1. The quantitative estimate of drug-likeness (QED) is 0.682. The van der Waals surface area contributed by atoms with E-state index < -0.39 is 0 Å². The molecule has 1 N–H and O–H groups in total. The Morgan fingerprint density at radius 3 is 2.55 bits per heavy atom. The molecular weight excluding hydrogens is 396 g/mol. The molecule has 1 aromatic heterocycles. The fourth-order valence-electron chi connectivity index (χ4n) is 3.87. The Morgan fingerprint density at radius 1 is 1.03 bits per heavy atom. The fourth-order valence-corrected chi connectivity index (χ4v) is 3.87. The number of nitrogens with zero attached hydrogens (tertiary/aromatic N) is 3. The lowest BCUT2D eigenvalue weighted by Gasteiger charge is -2.30. The summed E-state index contributed by atoms with van der Waals surface area (Å²) in [4.78, 5) is 19.1. The second kappa shape index (κ2) is 8.29. The molecule has 0 aliphatic carbocycles. The van der Waals surface area contributed by atoms with Gasteiger partial charge in [-0.05, 0) is 31.9 Å². The highest BCUT2D eigenvalue weighted by Crippen LogP contribution is 2.33. The van der Waals surface area contributed by atoms with Crippen LogP contribution in [0, 0.1) is 6.92 Å². The van der Waals surface area contributed by atoms with E-state index in [2.05, 4.69) is 15.5 Å². The first-order chi connectivity index (χ1) is 15.2. The van der Waals surface area contributed by atoms with Crippen LogP contribution in [0.1, 0.15) is 30.2 Å². The van der Waals surface area contributed by atoms with Crippen molar-refractivity contribution in [2.75, 3.05) is 31.6 Å². The number of piperidine rings is 1. The molecule has 0 saturated carbocycles. The lowest BCUT2D eigenvalue weighted by molar-refractivity contribution is 0.171. The second-order valence-electron chi connectivity index (χ2n) is 7.87. The third-order valence-electron chi connectivity index (χ3n) is 5.68. The number of aryl methyl sites for hydroxylation is 1. The molecule has 1 fully saturated rings. The van der Waals surface area contributed by atoms with Crippen LogP contribution in [-0.2, 0) is 0 Å². The molecule has 2 aromatic carbocycles. The smallest absolute Gasteiger partial charge is 0.321 e. The largest absolute Gasteiger partial charge is 0.486 e. The number of aromatic nitrogens is 2. The zero-order valence-electron chi connectivity index (χ0n) is 17.3. The SMILES string of the molecule is Cc1ccc(-c2noc(C3CCN(C(=O)Nc4ccc5c(c4)OCCO5)CC3)n2)cc1. The summed E-state index contributed by atoms with van der Waals surface area (Å²) in [6.07, 6.45) is 1.56. The van der Waals surface area contributed by atoms with Crippen LogP contribution in [0.3, 0.4) is 0 Å². The van der Waals surface area contributed by atoms with E-state index in [9.17, 15) is 4.79 Å². The van der Waals surface area contributed by atoms with Gasteiger partial charge in [0.05, 0.1) is 0 Å². The molecule has 160 valence electrons. The summed E-state index contributed by atoms with van der Waals surface area (Å²) >= 11 is 0. The van der Waals surface area contributed by atoms with Gasteiger partial charge in [-0.2, -0.15) is 4.98 Å². The number of carbonyl (C=O) groups is 1. The third kappa shape index (κ3) is 4.19. The molecule has 2 aliphatic heterocycles. The van der Waals surface area contributed by atoms with Crippen LogP contribution in [0.2, 0.25) is 0 Å². The van der Waals surface area contributed by atoms with Crippen LogP contribution in [0.25, 0.3) is 11.4 Å². The van der Waals surface area contributed by atoms with Crippen LogP contribution in [-0.4, -0.2) is 47.4 Å². The van der Waals surface area contributed by atoms with Crippen LogP contribution in [0.5, 0.6) is 11.5 Å². The van der Waals surface area contributed by atoms with Crippen molar-refractivity contribution in [2.24, 2.45) is 0 Å². The summed E-state index contributed by atoms with van der Waals surface area (Å²) in [5.41, 5.74) is 2.82. The molecule has 0 atom stereocenters. The lowest BCUT2D eigenvalue weighted by Crippen LogP contribution is -2.40. The number of hydrogen-bond donors (Lipinski definition) is 1. The molecule has 3 aromatic rings. The minimum atomic E-state index is -0.124. The Balaban J connectivity index is 1.18. The van der Waals surface area contributed by atoms with Crippen molar-refractivity contribution >= 4 is 11.7 Å².